The van der Waals surface area contributed by atoms with Gasteiger partial charge < -0.3 is 24.9 Å². The van der Waals surface area contributed by atoms with E-state index in [4.69, 9.17) is 4.74 Å². The minimum Gasteiger partial charge on any atom is -0.391 e. The zero-order valence-corrected chi connectivity index (χ0v) is 27.7. The van der Waals surface area contributed by atoms with Crippen molar-refractivity contribution in [3.05, 3.63) is 41.0 Å². The first-order chi connectivity index (χ1) is 18.9. The minimum absolute atomic E-state index is 0.176. The number of hydrogen-bond donors (Lipinski definition) is 3. The molecule has 230 valence electrons. The molecule has 41 heavy (non-hydrogen) atoms. The van der Waals surface area contributed by atoms with Gasteiger partial charge in [-0.25, -0.2) is 4.98 Å². The predicted molar refractivity (Wildman–Crippen MR) is 168 cm³/mol. The van der Waals surface area contributed by atoms with Crippen LogP contribution in [0.2, 0.25) is 0 Å². The van der Waals surface area contributed by atoms with Gasteiger partial charge in [-0.05, 0) is 64.1 Å². The molecule has 3 atom stereocenters. The number of amides is 1. The van der Waals surface area contributed by atoms with E-state index in [1.807, 2.05) is 67.9 Å². The highest BCUT2D eigenvalue weighted by Crippen LogP contribution is 2.31. The predicted octanol–water partition coefficient (Wildman–Crippen LogP) is 5.18. The van der Waals surface area contributed by atoms with E-state index in [9.17, 15) is 14.7 Å². The van der Waals surface area contributed by atoms with E-state index in [0.717, 1.165) is 18.5 Å². The van der Waals surface area contributed by atoms with Gasteiger partial charge in [0, 0.05) is 19.5 Å². The van der Waals surface area contributed by atoms with Gasteiger partial charge in [0.25, 0.3) is 0 Å². The fourth-order valence-corrected chi connectivity index (χ4v) is 5.56. The van der Waals surface area contributed by atoms with Crippen molar-refractivity contribution in [1.29, 1.82) is 0 Å². The fourth-order valence-electron chi connectivity index (χ4n) is 4.75. The monoisotopic (exact) mass is 588 g/mol. The van der Waals surface area contributed by atoms with Crippen LogP contribution in [-0.2, 0) is 20.9 Å². The average Bonchev–Trinajstić information content (AvgIpc) is 3.47. The molecular weight excluding hydrogens is 536 g/mol. The second kappa shape index (κ2) is 14.3. The Hall–Kier alpha value is -2.17. The highest BCUT2D eigenvalue weighted by molar-refractivity contribution is 7.13. The molecule has 0 spiro atoms. The van der Waals surface area contributed by atoms with E-state index in [2.05, 4.69) is 53.7 Å². The number of likely N-dealkylation sites (tertiary alicyclic amines) is 1. The number of aliphatic hydroxyl groups is 1. The number of benzene rings is 1. The fraction of sp³-hybridized carbons (Fsp3) is 0.656. The number of β-amino-alcohol motifs (C(OH)–C–C–N with tert-alkyl or cyclic N) is 1. The third-order valence-electron chi connectivity index (χ3n) is 7.62. The van der Waals surface area contributed by atoms with Gasteiger partial charge in [0.15, 0.2) is 0 Å². The van der Waals surface area contributed by atoms with Crippen molar-refractivity contribution < 1.29 is 19.4 Å². The summed E-state index contributed by atoms with van der Waals surface area (Å²) in [5.41, 5.74) is 4.08. The molecule has 9 heteroatoms. The Morgan fingerprint density at radius 2 is 1.78 bits per heavy atom. The second-order valence-electron chi connectivity index (χ2n) is 13.4. The first-order valence-electron chi connectivity index (χ1n) is 14.5. The van der Waals surface area contributed by atoms with Crippen LogP contribution in [0.4, 0.5) is 0 Å². The van der Waals surface area contributed by atoms with E-state index in [1.165, 1.54) is 20.9 Å². The molecule has 3 unspecified atom stereocenters. The molecule has 1 saturated heterocycles. The van der Waals surface area contributed by atoms with Crippen LogP contribution in [0.25, 0.3) is 10.4 Å². The number of hydrogen-bond acceptors (Lipinski definition) is 8. The lowest BCUT2D eigenvalue weighted by atomic mass is 9.84. The smallest absolute Gasteiger partial charge is 0.241 e. The SMILES string of the molecule is CC(C)C(C)(C)OC(C)(C)NC(C(=O)N1CC(O)CC1C=O)C(C)(C)C.CNCc1ccc(-c2scnc2C)cc1. The van der Waals surface area contributed by atoms with Gasteiger partial charge in [-0.3, -0.25) is 10.1 Å². The Bertz CT molecular complexity index is 1120. The van der Waals surface area contributed by atoms with Crippen LogP contribution in [-0.4, -0.2) is 70.3 Å². The highest BCUT2D eigenvalue weighted by atomic mass is 32.1. The molecule has 3 rings (SSSR count). The molecule has 1 aliphatic rings. The molecule has 1 aliphatic heterocycles. The van der Waals surface area contributed by atoms with Crippen molar-refractivity contribution in [3.63, 3.8) is 0 Å². The number of aromatic nitrogens is 1. The average molecular weight is 589 g/mol. The van der Waals surface area contributed by atoms with Crippen LogP contribution >= 0.6 is 11.3 Å². The first kappa shape index (κ1) is 35.0. The van der Waals surface area contributed by atoms with Gasteiger partial charge in [-0.2, -0.15) is 0 Å². The van der Waals surface area contributed by atoms with E-state index >= 15 is 0 Å². The summed E-state index contributed by atoms with van der Waals surface area (Å²) >= 11 is 1.70. The third kappa shape index (κ3) is 9.96. The number of carbonyl (C=O) groups excluding carboxylic acids is 2. The molecule has 0 saturated carbocycles. The summed E-state index contributed by atoms with van der Waals surface area (Å²) in [6.07, 6.45) is 0.392. The lowest BCUT2D eigenvalue weighted by molar-refractivity contribution is -0.172. The lowest BCUT2D eigenvalue weighted by Gasteiger charge is -2.44. The topological polar surface area (TPSA) is 104 Å². The molecule has 0 radical (unpaired) electrons. The van der Waals surface area contributed by atoms with Crippen LogP contribution in [0.1, 0.15) is 80.0 Å². The van der Waals surface area contributed by atoms with Crippen molar-refractivity contribution in [2.45, 2.75) is 112 Å². The van der Waals surface area contributed by atoms with E-state index < -0.39 is 23.9 Å². The standard InChI is InChI=1S/C20H38N2O4.C12H14N2S/c1-13(2)19(6,7)26-20(8,9)21-16(18(3,4)5)17(25)22-11-15(24)10-14(22)12-23;1-9-12(15-8-14-9)11-5-3-10(4-6-11)7-13-2/h12-16,21,24H,10-11H2,1-9H3;3-6,8,13H,7H2,1-2H3. The minimum atomic E-state index is -0.740. The van der Waals surface area contributed by atoms with Crippen LogP contribution in [0.3, 0.4) is 0 Å². The molecule has 8 nitrogen and oxygen atoms in total. The van der Waals surface area contributed by atoms with Crippen molar-refractivity contribution in [1.82, 2.24) is 20.5 Å². The quantitative estimate of drug-likeness (QED) is 0.260. The number of aryl methyl sites for hydroxylation is 1. The van der Waals surface area contributed by atoms with Gasteiger partial charge in [-0.1, -0.05) is 58.9 Å². The van der Waals surface area contributed by atoms with Crippen molar-refractivity contribution in [2.75, 3.05) is 13.6 Å². The number of aldehydes is 1. The van der Waals surface area contributed by atoms with Gasteiger partial charge in [0.2, 0.25) is 5.91 Å². The number of ether oxygens (including phenoxy) is 1. The number of aliphatic hydroxyl groups excluding tert-OH is 1. The highest BCUT2D eigenvalue weighted by Gasteiger charge is 2.44. The second-order valence-corrected chi connectivity index (χ2v) is 14.2. The molecule has 1 amide bonds. The lowest BCUT2D eigenvalue weighted by Crippen LogP contribution is -2.62. The van der Waals surface area contributed by atoms with Gasteiger partial charge in [0.1, 0.15) is 12.0 Å². The number of nitrogens with zero attached hydrogens (tertiary/aromatic N) is 2. The van der Waals surface area contributed by atoms with Crippen molar-refractivity contribution in [2.24, 2.45) is 11.3 Å². The van der Waals surface area contributed by atoms with Crippen LogP contribution < -0.4 is 10.6 Å². The zero-order chi connectivity index (χ0) is 31.2. The summed E-state index contributed by atoms with van der Waals surface area (Å²) in [6.45, 7) is 21.2. The summed E-state index contributed by atoms with van der Waals surface area (Å²) in [4.78, 5) is 31.6. The van der Waals surface area contributed by atoms with Crippen LogP contribution in [0.5, 0.6) is 0 Å². The number of rotatable bonds is 10. The van der Waals surface area contributed by atoms with Gasteiger partial charge >= 0.3 is 0 Å². The molecule has 0 bridgehead atoms. The number of thiazole rings is 1. The summed E-state index contributed by atoms with van der Waals surface area (Å²) < 4.78 is 6.30. The summed E-state index contributed by atoms with van der Waals surface area (Å²) in [6, 6.07) is 7.52. The van der Waals surface area contributed by atoms with Gasteiger partial charge in [-0.15, -0.1) is 11.3 Å². The van der Waals surface area contributed by atoms with Crippen molar-refractivity contribution in [3.8, 4) is 10.4 Å². The Morgan fingerprint density at radius 1 is 1.17 bits per heavy atom. The summed E-state index contributed by atoms with van der Waals surface area (Å²) in [5, 5.41) is 16.4. The Labute approximate surface area is 251 Å². The van der Waals surface area contributed by atoms with Crippen LogP contribution in [0.15, 0.2) is 29.8 Å². The normalized spacial score (nSPS) is 18.7. The largest absolute Gasteiger partial charge is 0.391 e. The maximum Gasteiger partial charge on any atom is 0.241 e. The van der Waals surface area contributed by atoms with E-state index in [-0.39, 0.29) is 23.5 Å². The Morgan fingerprint density at radius 3 is 2.24 bits per heavy atom. The Balaban J connectivity index is 0.000000329. The molecule has 1 aromatic heterocycles. The molecular formula is C32H52N4O4S. The zero-order valence-electron chi connectivity index (χ0n) is 26.9. The number of carbonyl (C=O) groups is 2. The molecule has 2 heterocycles. The molecule has 2 aromatic rings. The molecule has 1 fully saturated rings. The first-order valence-corrected chi connectivity index (χ1v) is 15.4. The summed E-state index contributed by atoms with van der Waals surface area (Å²) in [5.74, 6) is 0.130. The molecule has 3 N–H and O–H groups in total. The number of nitrogens with one attached hydrogen (secondary N) is 2. The molecule has 0 aliphatic carbocycles. The van der Waals surface area contributed by atoms with Gasteiger partial charge in [0.05, 0.1) is 39.9 Å². The van der Waals surface area contributed by atoms with Crippen molar-refractivity contribution >= 4 is 23.5 Å². The third-order valence-corrected chi connectivity index (χ3v) is 8.60. The Kier molecular flexibility index (Phi) is 12.2. The maximum absolute atomic E-state index is 13.2. The summed E-state index contributed by atoms with van der Waals surface area (Å²) in [7, 11) is 1.96. The molecule has 1 aromatic carbocycles. The van der Waals surface area contributed by atoms with E-state index in [1.54, 1.807) is 11.3 Å². The van der Waals surface area contributed by atoms with Crippen LogP contribution in [0, 0.1) is 18.3 Å². The maximum atomic E-state index is 13.2. The van der Waals surface area contributed by atoms with E-state index in [0.29, 0.717) is 12.3 Å².